The molecule has 0 atom stereocenters. The van der Waals surface area contributed by atoms with Crippen molar-refractivity contribution >= 4 is 11.8 Å². The Hall–Kier alpha value is -1.92. The van der Waals surface area contributed by atoms with E-state index in [9.17, 15) is 18.4 Å². The largest absolute Gasteiger partial charge is 0.476 e. The number of carboxylic acids is 1. The van der Waals surface area contributed by atoms with E-state index < -0.39 is 23.5 Å². The van der Waals surface area contributed by atoms with E-state index in [0.717, 1.165) is 12.4 Å². The Morgan fingerprint density at radius 2 is 1.79 bits per heavy atom. The molecule has 0 radical (unpaired) electrons. The van der Waals surface area contributed by atoms with Gasteiger partial charge in [0.15, 0.2) is 0 Å². The number of Topliss-reactive ketones (excluding diaryl/α,β-unsaturated/α-hetero) is 1. The van der Waals surface area contributed by atoms with Crippen LogP contribution in [0.2, 0.25) is 0 Å². The predicted molar refractivity (Wildman–Crippen MR) is 38.9 cm³/mol. The van der Waals surface area contributed by atoms with Gasteiger partial charge in [-0.15, -0.1) is 0 Å². The summed E-state index contributed by atoms with van der Waals surface area (Å²) in [5, 5.41) is 8.05. The second-order valence-corrected chi connectivity index (χ2v) is 2.28. The lowest BCUT2D eigenvalue weighted by Gasteiger charge is -2.07. The molecule has 0 amide bonds. The van der Waals surface area contributed by atoms with Crippen molar-refractivity contribution in [1.82, 2.24) is 9.97 Å². The molecule has 0 saturated heterocycles. The quantitative estimate of drug-likeness (QED) is 0.566. The minimum Gasteiger partial charge on any atom is -0.476 e. The molecule has 1 aromatic rings. The van der Waals surface area contributed by atoms with Crippen LogP contribution in [0, 0.1) is 0 Å². The van der Waals surface area contributed by atoms with Crippen LogP contribution in [0.15, 0.2) is 18.5 Å². The molecule has 1 aromatic heterocycles. The lowest BCUT2D eigenvalue weighted by atomic mass is 10.2. The second-order valence-electron chi connectivity index (χ2n) is 2.28. The SMILES string of the molecule is O=C(O)C(F)(F)C(=O)c1ncccn1. The van der Waals surface area contributed by atoms with Gasteiger partial charge in [-0.1, -0.05) is 0 Å². The van der Waals surface area contributed by atoms with Gasteiger partial charge in [-0.05, 0) is 6.07 Å². The van der Waals surface area contributed by atoms with Crippen molar-refractivity contribution in [3.05, 3.63) is 24.3 Å². The van der Waals surface area contributed by atoms with Gasteiger partial charge < -0.3 is 5.11 Å². The Morgan fingerprint density at radius 3 is 2.21 bits per heavy atom. The topological polar surface area (TPSA) is 80.1 Å². The Balaban J connectivity index is 3.03. The van der Waals surface area contributed by atoms with E-state index in [1.54, 1.807) is 0 Å². The smallest absolute Gasteiger partial charge is 0.407 e. The molecule has 1 N–H and O–H groups in total. The number of hydrogen-bond acceptors (Lipinski definition) is 4. The Labute approximate surface area is 76.4 Å². The summed E-state index contributed by atoms with van der Waals surface area (Å²) in [4.78, 5) is 27.3. The number of carbonyl (C=O) groups is 2. The van der Waals surface area contributed by atoms with Crippen LogP contribution in [-0.4, -0.2) is 32.7 Å². The average Bonchev–Trinajstić information content (AvgIpc) is 2.17. The van der Waals surface area contributed by atoms with Crippen molar-refractivity contribution < 1.29 is 23.5 Å². The van der Waals surface area contributed by atoms with Crippen LogP contribution in [-0.2, 0) is 4.79 Å². The van der Waals surface area contributed by atoms with Crippen molar-refractivity contribution in [2.45, 2.75) is 5.92 Å². The molecule has 0 saturated carbocycles. The highest BCUT2D eigenvalue weighted by atomic mass is 19.3. The zero-order valence-corrected chi connectivity index (χ0v) is 6.65. The molecule has 0 unspecified atom stereocenters. The fourth-order valence-electron chi connectivity index (χ4n) is 0.654. The number of alkyl halides is 2. The van der Waals surface area contributed by atoms with Crippen molar-refractivity contribution in [1.29, 1.82) is 0 Å². The minimum atomic E-state index is -4.48. The number of nitrogens with zero attached hydrogens (tertiary/aromatic N) is 2. The first-order valence-corrected chi connectivity index (χ1v) is 3.39. The minimum absolute atomic E-state index is 0.820. The van der Waals surface area contributed by atoms with E-state index in [1.165, 1.54) is 6.07 Å². The number of aliphatic carboxylic acids is 1. The molecule has 0 fully saturated rings. The van der Waals surface area contributed by atoms with Gasteiger partial charge in [0.25, 0.3) is 5.78 Å². The number of hydrogen-bond donors (Lipinski definition) is 1. The van der Waals surface area contributed by atoms with Crippen molar-refractivity contribution in [3.63, 3.8) is 0 Å². The third-order valence-corrected chi connectivity index (χ3v) is 1.32. The molecule has 0 aliphatic carbocycles. The molecule has 0 aliphatic heterocycles. The summed E-state index contributed by atoms with van der Waals surface area (Å²) in [6, 6.07) is 1.32. The highest BCUT2D eigenvalue weighted by Crippen LogP contribution is 2.17. The molecule has 1 rings (SSSR count). The summed E-state index contributed by atoms with van der Waals surface area (Å²) in [5.41, 5.74) is 0. The molecule has 0 bridgehead atoms. The Morgan fingerprint density at radius 1 is 1.29 bits per heavy atom. The van der Waals surface area contributed by atoms with Crippen molar-refractivity contribution in [2.75, 3.05) is 0 Å². The number of aromatic nitrogens is 2. The summed E-state index contributed by atoms with van der Waals surface area (Å²) in [7, 11) is 0. The molecular formula is C7H4F2N2O3. The van der Waals surface area contributed by atoms with Gasteiger partial charge in [-0.25, -0.2) is 14.8 Å². The maximum Gasteiger partial charge on any atom is 0.407 e. The molecule has 74 valence electrons. The number of halogens is 2. The third kappa shape index (κ3) is 1.70. The molecule has 0 aliphatic rings. The van der Waals surface area contributed by atoms with Gasteiger partial charge >= 0.3 is 11.9 Å². The zero-order valence-electron chi connectivity index (χ0n) is 6.65. The van der Waals surface area contributed by atoms with E-state index in [1.807, 2.05) is 0 Å². The van der Waals surface area contributed by atoms with Gasteiger partial charge in [-0.2, -0.15) is 8.78 Å². The molecular weight excluding hydrogens is 198 g/mol. The van der Waals surface area contributed by atoms with Gasteiger partial charge in [0, 0.05) is 12.4 Å². The van der Waals surface area contributed by atoms with Gasteiger partial charge in [-0.3, -0.25) is 4.79 Å². The number of carboxylic acid groups (broad SMARTS) is 1. The van der Waals surface area contributed by atoms with E-state index in [2.05, 4.69) is 9.97 Å². The van der Waals surface area contributed by atoms with Crippen molar-refractivity contribution in [3.8, 4) is 0 Å². The molecule has 0 spiro atoms. The number of carbonyl (C=O) groups excluding carboxylic acids is 1. The van der Waals surface area contributed by atoms with E-state index in [-0.39, 0.29) is 0 Å². The van der Waals surface area contributed by atoms with Crippen LogP contribution >= 0.6 is 0 Å². The van der Waals surface area contributed by atoms with Crippen molar-refractivity contribution in [2.24, 2.45) is 0 Å². The normalized spacial score (nSPS) is 11.0. The Bertz CT molecular complexity index is 366. The first-order valence-electron chi connectivity index (χ1n) is 3.39. The van der Waals surface area contributed by atoms with Gasteiger partial charge in [0.2, 0.25) is 5.82 Å². The van der Waals surface area contributed by atoms with Gasteiger partial charge in [0.05, 0.1) is 0 Å². The lowest BCUT2D eigenvalue weighted by molar-refractivity contribution is -0.157. The van der Waals surface area contributed by atoms with Gasteiger partial charge in [0.1, 0.15) is 0 Å². The highest BCUT2D eigenvalue weighted by molar-refractivity contribution is 6.11. The number of ketones is 1. The highest BCUT2D eigenvalue weighted by Gasteiger charge is 2.49. The predicted octanol–water partition coefficient (Wildman–Crippen LogP) is 0.379. The molecule has 1 heterocycles. The first-order chi connectivity index (χ1) is 6.46. The third-order valence-electron chi connectivity index (χ3n) is 1.32. The average molecular weight is 202 g/mol. The molecule has 14 heavy (non-hydrogen) atoms. The molecule has 0 aromatic carbocycles. The van der Waals surface area contributed by atoms with Crippen LogP contribution in [0.3, 0.4) is 0 Å². The summed E-state index contributed by atoms with van der Waals surface area (Å²) < 4.78 is 25.2. The summed E-state index contributed by atoms with van der Waals surface area (Å²) in [6.45, 7) is 0. The van der Waals surface area contributed by atoms with E-state index in [0.29, 0.717) is 0 Å². The van der Waals surface area contributed by atoms with Crippen LogP contribution in [0.1, 0.15) is 10.6 Å². The summed E-state index contributed by atoms with van der Waals surface area (Å²) in [5.74, 6) is -9.75. The first kappa shape index (κ1) is 10.2. The van der Waals surface area contributed by atoms with E-state index in [4.69, 9.17) is 5.11 Å². The Kier molecular flexibility index (Phi) is 2.50. The maximum absolute atomic E-state index is 12.6. The van der Waals surface area contributed by atoms with E-state index >= 15 is 0 Å². The molecule has 7 heteroatoms. The monoisotopic (exact) mass is 202 g/mol. The standard InChI is InChI=1S/C7H4F2N2O3/c8-7(9,6(13)14)4(12)5-10-2-1-3-11-5/h1-3H,(H,13,14). The van der Waals surface area contributed by atoms with Crippen LogP contribution in [0.4, 0.5) is 8.78 Å². The fraction of sp³-hybridized carbons (Fsp3) is 0.143. The zero-order chi connectivity index (χ0) is 10.8. The van der Waals surface area contributed by atoms with Crippen LogP contribution in [0.5, 0.6) is 0 Å². The molecule has 5 nitrogen and oxygen atoms in total. The lowest BCUT2D eigenvalue weighted by Crippen LogP contribution is -2.38. The van der Waals surface area contributed by atoms with Crippen LogP contribution in [0.25, 0.3) is 0 Å². The van der Waals surface area contributed by atoms with Crippen LogP contribution < -0.4 is 0 Å². The summed E-state index contributed by atoms with van der Waals surface area (Å²) >= 11 is 0. The fourth-order valence-corrected chi connectivity index (χ4v) is 0.654. The second kappa shape index (κ2) is 3.44. The summed E-state index contributed by atoms with van der Waals surface area (Å²) in [6.07, 6.45) is 2.14. The number of rotatable bonds is 3. The maximum atomic E-state index is 12.6.